The Morgan fingerprint density at radius 1 is 1.12 bits per heavy atom. The highest BCUT2D eigenvalue weighted by Gasteiger charge is 2.18. The Labute approximate surface area is 104 Å². The number of hydrogen-bond donors (Lipinski definition) is 3. The molecule has 4 unspecified atom stereocenters. The summed E-state index contributed by atoms with van der Waals surface area (Å²) >= 11 is 0. The van der Waals surface area contributed by atoms with Gasteiger partial charge in [-0.2, -0.15) is 0 Å². The van der Waals surface area contributed by atoms with Crippen molar-refractivity contribution >= 4 is 0 Å². The lowest BCUT2D eigenvalue weighted by atomic mass is 9.97. The third-order valence-electron chi connectivity index (χ3n) is 3.06. The van der Waals surface area contributed by atoms with Crippen molar-refractivity contribution in [2.24, 2.45) is 5.92 Å². The van der Waals surface area contributed by atoms with Gasteiger partial charge in [-0.25, -0.2) is 0 Å². The number of ether oxygens (including phenoxy) is 1. The van der Waals surface area contributed by atoms with Crippen molar-refractivity contribution in [1.29, 1.82) is 0 Å². The fourth-order valence-electron chi connectivity index (χ4n) is 1.45. The summed E-state index contributed by atoms with van der Waals surface area (Å²) in [6.45, 7) is 4.03. The van der Waals surface area contributed by atoms with Crippen molar-refractivity contribution in [2.75, 3.05) is 33.9 Å². The number of rotatable bonds is 9. The number of nitrogens with zero attached hydrogens (tertiary/aromatic N) is 1. The van der Waals surface area contributed by atoms with Gasteiger partial charge in [-0.1, -0.05) is 6.92 Å². The first-order chi connectivity index (χ1) is 7.88. The van der Waals surface area contributed by atoms with E-state index in [4.69, 9.17) is 14.9 Å². The number of aliphatic hydroxyl groups excluding tert-OH is 3. The molecule has 4 atom stereocenters. The fourth-order valence-corrected chi connectivity index (χ4v) is 1.45. The maximum absolute atomic E-state index is 9.85. The Morgan fingerprint density at radius 2 is 1.71 bits per heavy atom. The van der Waals surface area contributed by atoms with E-state index in [1.807, 2.05) is 21.0 Å². The molecule has 0 spiro atoms. The van der Waals surface area contributed by atoms with Crippen LogP contribution in [0.25, 0.3) is 0 Å². The van der Waals surface area contributed by atoms with Crippen LogP contribution >= 0.6 is 0 Å². The standard InChI is InChI=1S/C12H27NO4/c1-9(5-10(2)13(3)4)12(16)8-17-7-11(15)6-14/h9-12,14-16H,5-8H2,1-4H3. The van der Waals surface area contributed by atoms with Crippen LogP contribution in [0, 0.1) is 5.92 Å². The van der Waals surface area contributed by atoms with Gasteiger partial charge in [-0.15, -0.1) is 0 Å². The van der Waals surface area contributed by atoms with Gasteiger partial charge < -0.3 is 25.0 Å². The van der Waals surface area contributed by atoms with E-state index < -0.39 is 12.2 Å². The van der Waals surface area contributed by atoms with Crippen LogP contribution in [0.2, 0.25) is 0 Å². The van der Waals surface area contributed by atoms with Crippen LogP contribution in [0.5, 0.6) is 0 Å². The molecule has 0 radical (unpaired) electrons. The molecule has 17 heavy (non-hydrogen) atoms. The Balaban J connectivity index is 3.77. The van der Waals surface area contributed by atoms with Gasteiger partial charge in [0.15, 0.2) is 0 Å². The largest absolute Gasteiger partial charge is 0.394 e. The molecule has 0 heterocycles. The van der Waals surface area contributed by atoms with E-state index in [0.29, 0.717) is 6.04 Å². The summed E-state index contributed by atoms with van der Waals surface area (Å²) in [4.78, 5) is 2.11. The third-order valence-corrected chi connectivity index (χ3v) is 3.06. The Kier molecular flexibility index (Phi) is 8.72. The van der Waals surface area contributed by atoms with Crippen molar-refractivity contribution in [1.82, 2.24) is 4.90 Å². The van der Waals surface area contributed by atoms with E-state index in [1.165, 1.54) is 0 Å². The molecule has 0 aromatic heterocycles. The van der Waals surface area contributed by atoms with Crippen LogP contribution < -0.4 is 0 Å². The molecule has 104 valence electrons. The molecule has 0 rings (SSSR count). The van der Waals surface area contributed by atoms with Crippen molar-refractivity contribution in [3.63, 3.8) is 0 Å². The third kappa shape index (κ3) is 7.68. The van der Waals surface area contributed by atoms with E-state index in [-0.39, 0.29) is 25.7 Å². The first-order valence-corrected chi connectivity index (χ1v) is 6.09. The Hall–Kier alpha value is -0.200. The number of aliphatic hydroxyl groups is 3. The van der Waals surface area contributed by atoms with Crippen LogP contribution in [-0.4, -0.2) is 72.4 Å². The average molecular weight is 249 g/mol. The summed E-state index contributed by atoms with van der Waals surface area (Å²) in [5.74, 6) is 0.138. The fraction of sp³-hybridized carbons (Fsp3) is 1.00. The van der Waals surface area contributed by atoms with E-state index in [9.17, 15) is 5.11 Å². The predicted molar refractivity (Wildman–Crippen MR) is 66.8 cm³/mol. The summed E-state index contributed by atoms with van der Waals surface area (Å²) in [6.07, 6.45) is -0.512. The lowest BCUT2D eigenvalue weighted by Gasteiger charge is -2.26. The second-order valence-corrected chi connectivity index (χ2v) is 4.97. The molecule has 0 aliphatic carbocycles. The highest BCUT2D eigenvalue weighted by Crippen LogP contribution is 2.14. The molecular formula is C12H27NO4. The highest BCUT2D eigenvalue weighted by molar-refractivity contribution is 4.70. The minimum absolute atomic E-state index is 0.0590. The smallest absolute Gasteiger partial charge is 0.100 e. The van der Waals surface area contributed by atoms with Gasteiger partial charge in [0.1, 0.15) is 6.10 Å². The zero-order valence-corrected chi connectivity index (χ0v) is 11.3. The van der Waals surface area contributed by atoms with Crippen LogP contribution in [0.1, 0.15) is 20.3 Å². The van der Waals surface area contributed by atoms with Crippen LogP contribution in [-0.2, 0) is 4.74 Å². The molecule has 0 saturated carbocycles. The summed E-state index contributed by atoms with van der Waals surface area (Å²) in [7, 11) is 4.02. The Bertz CT molecular complexity index is 189. The summed E-state index contributed by atoms with van der Waals surface area (Å²) in [5, 5.41) is 27.5. The van der Waals surface area contributed by atoms with Gasteiger partial charge >= 0.3 is 0 Å². The molecule has 3 N–H and O–H groups in total. The van der Waals surface area contributed by atoms with E-state index in [0.717, 1.165) is 6.42 Å². The topological polar surface area (TPSA) is 73.2 Å². The molecule has 0 aliphatic rings. The lowest BCUT2D eigenvalue weighted by Crippen LogP contribution is -2.33. The maximum atomic E-state index is 9.85. The van der Waals surface area contributed by atoms with Crippen LogP contribution in [0.4, 0.5) is 0 Å². The summed E-state index contributed by atoms with van der Waals surface area (Å²) in [5.41, 5.74) is 0. The minimum atomic E-state index is -0.863. The molecule has 0 bridgehead atoms. The van der Waals surface area contributed by atoms with E-state index in [1.54, 1.807) is 0 Å². The molecule has 0 aromatic rings. The molecule has 0 fully saturated rings. The zero-order chi connectivity index (χ0) is 13.4. The van der Waals surface area contributed by atoms with Crippen molar-refractivity contribution in [3.8, 4) is 0 Å². The monoisotopic (exact) mass is 249 g/mol. The van der Waals surface area contributed by atoms with Gasteiger partial charge in [-0.3, -0.25) is 0 Å². The first kappa shape index (κ1) is 16.8. The number of hydrogen-bond acceptors (Lipinski definition) is 5. The summed E-state index contributed by atoms with van der Waals surface area (Å²) in [6, 6.07) is 0.405. The summed E-state index contributed by atoms with van der Waals surface area (Å²) < 4.78 is 5.14. The van der Waals surface area contributed by atoms with Crippen LogP contribution in [0.3, 0.4) is 0 Å². The zero-order valence-electron chi connectivity index (χ0n) is 11.3. The molecule has 0 aromatic carbocycles. The van der Waals surface area contributed by atoms with E-state index >= 15 is 0 Å². The molecular weight excluding hydrogens is 222 g/mol. The van der Waals surface area contributed by atoms with Gasteiger partial charge in [0.25, 0.3) is 0 Å². The Morgan fingerprint density at radius 3 is 2.18 bits per heavy atom. The van der Waals surface area contributed by atoms with Crippen LogP contribution in [0.15, 0.2) is 0 Å². The first-order valence-electron chi connectivity index (χ1n) is 6.09. The SMILES string of the molecule is CC(CC(C)N(C)C)C(O)COCC(O)CO. The molecule has 0 saturated heterocycles. The van der Waals surface area contributed by atoms with Gasteiger partial charge in [0.2, 0.25) is 0 Å². The van der Waals surface area contributed by atoms with Gasteiger partial charge in [-0.05, 0) is 33.4 Å². The van der Waals surface area contributed by atoms with Gasteiger partial charge in [0, 0.05) is 6.04 Å². The predicted octanol–water partition coefficient (Wildman–Crippen LogP) is -0.307. The maximum Gasteiger partial charge on any atom is 0.100 e. The quantitative estimate of drug-likeness (QED) is 0.523. The minimum Gasteiger partial charge on any atom is -0.394 e. The highest BCUT2D eigenvalue weighted by atomic mass is 16.5. The lowest BCUT2D eigenvalue weighted by molar-refractivity contribution is -0.0393. The molecule has 0 amide bonds. The van der Waals surface area contributed by atoms with E-state index in [2.05, 4.69) is 11.8 Å². The molecule has 5 nitrogen and oxygen atoms in total. The van der Waals surface area contributed by atoms with Crippen molar-refractivity contribution in [3.05, 3.63) is 0 Å². The normalized spacial score (nSPS) is 19.1. The van der Waals surface area contributed by atoms with Crippen molar-refractivity contribution in [2.45, 2.75) is 38.5 Å². The molecule has 5 heteroatoms. The van der Waals surface area contributed by atoms with Crippen molar-refractivity contribution < 1.29 is 20.1 Å². The second-order valence-electron chi connectivity index (χ2n) is 4.97. The second kappa shape index (κ2) is 8.83. The molecule has 0 aliphatic heterocycles. The average Bonchev–Trinajstić information content (AvgIpc) is 2.28. The van der Waals surface area contributed by atoms with Gasteiger partial charge in [0.05, 0.1) is 25.9 Å².